The topological polar surface area (TPSA) is 80.5 Å². The summed E-state index contributed by atoms with van der Waals surface area (Å²) in [5.41, 5.74) is 6.87. The summed E-state index contributed by atoms with van der Waals surface area (Å²) < 4.78 is 5.34. The van der Waals surface area contributed by atoms with Crippen LogP contribution in [-0.4, -0.2) is 37.2 Å². The predicted octanol–water partition coefficient (Wildman–Crippen LogP) is 1.73. The van der Waals surface area contributed by atoms with Crippen molar-refractivity contribution < 1.29 is 9.53 Å². The summed E-state index contributed by atoms with van der Waals surface area (Å²) in [5.74, 6) is 0.199. The number of nitrogens with one attached hydrogen (secondary N) is 1. The molecule has 0 aliphatic carbocycles. The van der Waals surface area contributed by atoms with Gasteiger partial charge in [0, 0.05) is 13.1 Å². The van der Waals surface area contributed by atoms with E-state index in [1.165, 1.54) is 0 Å². The number of aromatic nitrogens is 1. The fraction of sp³-hybridized carbons (Fsp3) is 0.333. The van der Waals surface area contributed by atoms with Crippen LogP contribution in [0.3, 0.4) is 0 Å². The zero-order chi connectivity index (χ0) is 17.0. The molecular formula is C18H22N4O2. The first-order chi connectivity index (χ1) is 11.6. The van der Waals surface area contributed by atoms with E-state index >= 15 is 0 Å². The lowest BCUT2D eigenvalue weighted by Gasteiger charge is -2.28. The van der Waals surface area contributed by atoms with Gasteiger partial charge in [0.2, 0.25) is 5.91 Å². The quantitative estimate of drug-likeness (QED) is 0.894. The molecule has 1 aromatic carbocycles. The van der Waals surface area contributed by atoms with Crippen molar-refractivity contribution in [2.75, 3.05) is 36.5 Å². The van der Waals surface area contributed by atoms with Gasteiger partial charge in [0.05, 0.1) is 25.1 Å². The molecule has 1 atom stereocenters. The first-order valence-corrected chi connectivity index (χ1v) is 8.02. The molecule has 1 aliphatic rings. The van der Waals surface area contributed by atoms with E-state index in [2.05, 4.69) is 15.2 Å². The third-order valence-corrected chi connectivity index (χ3v) is 4.21. The summed E-state index contributed by atoms with van der Waals surface area (Å²) in [7, 11) is 0. The monoisotopic (exact) mass is 326 g/mol. The standard InChI is InChI=1S/C18H22N4O2/c1-18(19,14-5-3-2-4-6-14)17(23)21-16-8-7-15(13-20-16)22-9-11-24-12-10-22/h2-8,13H,9-12,19H2,1H3,(H,20,21,23). The van der Waals surface area contributed by atoms with Crippen LogP contribution in [-0.2, 0) is 15.1 Å². The third kappa shape index (κ3) is 3.55. The first-order valence-electron chi connectivity index (χ1n) is 8.02. The van der Waals surface area contributed by atoms with Gasteiger partial charge < -0.3 is 20.7 Å². The van der Waals surface area contributed by atoms with Gasteiger partial charge in [-0.25, -0.2) is 4.98 Å². The number of benzene rings is 1. The van der Waals surface area contributed by atoms with Gasteiger partial charge in [-0.3, -0.25) is 4.79 Å². The highest BCUT2D eigenvalue weighted by atomic mass is 16.5. The number of morpholine rings is 1. The number of ether oxygens (including phenoxy) is 1. The highest BCUT2D eigenvalue weighted by Gasteiger charge is 2.30. The molecule has 24 heavy (non-hydrogen) atoms. The molecule has 0 spiro atoms. The van der Waals surface area contributed by atoms with Crippen LogP contribution >= 0.6 is 0 Å². The van der Waals surface area contributed by atoms with Crippen molar-refractivity contribution in [3.05, 3.63) is 54.2 Å². The molecule has 0 saturated carbocycles. The number of carbonyl (C=O) groups excluding carboxylic acids is 1. The summed E-state index contributed by atoms with van der Waals surface area (Å²) in [5, 5.41) is 2.79. The molecule has 0 radical (unpaired) electrons. The number of hydrogen-bond acceptors (Lipinski definition) is 5. The van der Waals surface area contributed by atoms with Crippen LogP contribution in [0.1, 0.15) is 12.5 Å². The maximum atomic E-state index is 12.5. The largest absolute Gasteiger partial charge is 0.378 e. The van der Waals surface area contributed by atoms with Gasteiger partial charge in [-0.15, -0.1) is 0 Å². The van der Waals surface area contributed by atoms with E-state index in [1.54, 1.807) is 19.2 Å². The lowest BCUT2D eigenvalue weighted by molar-refractivity contribution is -0.120. The molecule has 1 fully saturated rings. The average Bonchev–Trinajstić information content (AvgIpc) is 2.64. The van der Waals surface area contributed by atoms with Crippen molar-refractivity contribution in [1.82, 2.24) is 4.98 Å². The van der Waals surface area contributed by atoms with Crippen molar-refractivity contribution in [3.8, 4) is 0 Å². The molecule has 0 bridgehead atoms. The number of pyridine rings is 1. The Balaban J connectivity index is 1.68. The minimum Gasteiger partial charge on any atom is -0.378 e. The van der Waals surface area contributed by atoms with E-state index in [9.17, 15) is 4.79 Å². The molecule has 1 amide bonds. The van der Waals surface area contributed by atoms with Crippen molar-refractivity contribution in [1.29, 1.82) is 0 Å². The first kappa shape index (κ1) is 16.4. The number of carbonyl (C=O) groups is 1. The molecule has 1 unspecified atom stereocenters. The zero-order valence-corrected chi connectivity index (χ0v) is 13.7. The van der Waals surface area contributed by atoms with Gasteiger partial charge in [0.25, 0.3) is 0 Å². The van der Waals surface area contributed by atoms with Crippen LogP contribution in [0.2, 0.25) is 0 Å². The Labute approximate surface area is 141 Å². The highest BCUT2D eigenvalue weighted by molar-refractivity contribution is 5.97. The van der Waals surface area contributed by atoms with Crippen molar-refractivity contribution in [2.24, 2.45) is 5.73 Å². The van der Waals surface area contributed by atoms with Gasteiger partial charge in [0.15, 0.2) is 0 Å². The van der Waals surface area contributed by atoms with Crippen LogP contribution in [0.5, 0.6) is 0 Å². The molecule has 6 heteroatoms. The number of amides is 1. The fourth-order valence-corrected chi connectivity index (χ4v) is 2.63. The smallest absolute Gasteiger partial charge is 0.249 e. The van der Waals surface area contributed by atoms with Gasteiger partial charge >= 0.3 is 0 Å². The summed E-state index contributed by atoms with van der Waals surface area (Å²) in [6.45, 7) is 4.84. The van der Waals surface area contributed by atoms with E-state index < -0.39 is 5.54 Å². The maximum absolute atomic E-state index is 12.5. The van der Waals surface area contributed by atoms with E-state index in [1.807, 2.05) is 36.4 Å². The maximum Gasteiger partial charge on any atom is 0.249 e. The summed E-state index contributed by atoms with van der Waals surface area (Å²) in [4.78, 5) is 19.1. The van der Waals surface area contributed by atoms with Crippen LogP contribution < -0.4 is 16.0 Å². The summed E-state index contributed by atoms with van der Waals surface area (Å²) >= 11 is 0. The lowest BCUT2D eigenvalue weighted by atomic mass is 9.92. The van der Waals surface area contributed by atoms with Crippen LogP contribution in [0.15, 0.2) is 48.7 Å². The number of rotatable bonds is 4. The number of nitrogens with zero attached hydrogens (tertiary/aromatic N) is 2. The number of nitrogens with two attached hydrogens (primary N) is 1. The fourth-order valence-electron chi connectivity index (χ4n) is 2.63. The van der Waals surface area contributed by atoms with Crippen LogP contribution in [0, 0.1) is 0 Å². The molecule has 3 rings (SSSR count). The normalized spacial score (nSPS) is 17.2. The third-order valence-electron chi connectivity index (χ3n) is 4.21. The zero-order valence-electron chi connectivity index (χ0n) is 13.7. The molecule has 1 saturated heterocycles. The molecule has 3 N–H and O–H groups in total. The summed E-state index contributed by atoms with van der Waals surface area (Å²) in [6, 6.07) is 13.0. The molecule has 1 aliphatic heterocycles. The lowest BCUT2D eigenvalue weighted by Crippen LogP contribution is -2.45. The van der Waals surface area contributed by atoms with Crippen molar-refractivity contribution in [2.45, 2.75) is 12.5 Å². The van der Waals surface area contributed by atoms with Gasteiger partial charge in [-0.1, -0.05) is 30.3 Å². The van der Waals surface area contributed by atoms with Crippen LogP contribution in [0.25, 0.3) is 0 Å². The van der Waals surface area contributed by atoms with Gasteiger partial charge in [-0.05, 0) is 24.6 Å². The minimum atomic E-state index is -1.12. The Morgan fingerprint density at radius 2 is 1.92 bits per heavy atom. The molecule has 2 heterocycles. The molecule has 126 valence electrons. The molecule has 6 nitrogen and oxygen atoms in total. The Kier molecular flexibility index (Phi) is 4.78. The van der Waals surface area contributed by atoms with E-state index in [-0.39, 0.29) is 5.91 Å². The van der Waals surface area contributed by atoms with E-state index in [0.717, 1.165) is 37.6 Å². The Morgan fingerprint density at radius 3 is 2.54 bits per heavy atom. The van der Waals surface area contributed by atoms with Gasteiger partial charge in [0.1, 0.15) is 11.4 Å². The second-order valence-electron chi connectivity index (χ2n) is 6.02. The highest BCUT2D eigenvalue weighted by Crippen LogP contribution is 2.21. The van der Waals surface area contributed by atoms with Crippen LogP contribution in [0.4, 0.5) is 11.5 Å². The average molecular weight is 326 g/mol. The van der Waals surface area contributed by atoms with Gasteiger partial charge in [-0.2, -0.15) is 0 Å². The Morgan fingerprint density at radius 1 is 1.21 bits per heavy atom. The van der Waals surface area contributed by atoms with Crippen molar-refractivity contribution in [3.63, 3.8) is 0 Å². The van der Waals surface area contributed by atoms with E-state index in [0.29, 0.717) is 5.82 Å². The molecule has 2 aromatic rings. The molecule has 1 aromatic heterocycles. The van der Waals surface area contributed by atoms with Crippen molar-refractivity contribution >= 4 is 17.4 Å². The second-order valence-corrected chi connectivity index (χ2v) is 6.02. The minimum absolute atomic E-state index is 0.291. The summed E-state index contributed by atoms with van der Waals surface area (Å²) in [6.07, 6.45) is 1.76. The number of anilines is 2. The Bertz CT molecular complexity index is 680. The molecular weight excluding hydrogens is 304 g/mol. The predicted molar refractivity (Wildman–Crippen MR) is 93.9 cm³/mol. The Hall–Kier alpha value is -2.44. The second kappa shape index (κ2) is 6.98. The number of hydrogen-bond donors (Lipinski definition) is 2. The SMILES string of the molecule is CC(N)(C(=O)Nc1ccc(N2CCOCC2)cn1)c1ccccc1. The van der Waals surface area contributed by atoms with E-state index in [4.69, 9.17) is 10.5 Å².